The Morgan fingerprint density at radius 1 is 1.25 bits per heavy atom. The van der Waals surface area contributed by atoms with Crippen molar-refractivity contribution >= 4 is 0 Å². The zero-order chi connectivity index (χ0) is 14.8. The highest BCUT2D eigenvalue weighted by molar-refractivity contribution is 5.60. The average molecular weight is 272 g/mol. The quantitative estimate of drug-likeness (QED) is 0.934. The third-order valence-electron chi connectivity index (χ3n) is 2.89. The third kappa shape index (κ3) is 3.26. The number of benzene rings is 1. The lowest BCUT2D eigenvalue weighted by Gasteiger charge is -2.17. The van der Waals surface area contributed by atoms with Gasteiger partial charge in [-0.2, -0.15) is 0 Å². The Kier molecular flexibility index (Phi) is 3.93. The number of ether oxygens (including phenoxy) is 1. The summed E-state index contributed by atoms with van der Waals surface area (Å²) in [6.07, 6.45) is 0. The number of hydrogen-bond acceptors (Lipinski definition) is 3. The average Bonchev–Trinajstić information content (AvgIpc) is 2.38. The van der Waals surface area contributed by atoms with Gasteiger partial charge in [-0.3, -0.25) is 4.79 Å². The van der Waals surface area contributed by atoms with Crippen molar-refractivity contribution in [2.75, 3.05) is 6.61 Å². The van der Waals surface area contributed by atoms with Crippen molar-refractivity contribution in [3.05, 3.63) is 46.5 Å². The van der Waals surface area contributed by atoms with E-state index in [-0.39, 0.29) is 11.0 Å². The molecule has 0 fully saturated rings. The maximum absolute atomic E-state index is 11.8. The number of nitrogens with zero attached hydrogens (tertiary/aromatic N) is 1. The van der Waals surface area contributed by atoms with Gasteiger partial charge < -0.3 is 9.72 Å². The SMILES string of the molecule is CCOc1cccc(-c2cc(=O)[nH]c(C(C)(C)C)n2)c1. The Morgan fingerprint density at radius 2 is 2.00 bits per heavy atom. The summed E-state index contributed by atoms with van der Waals surface area (Å²) in [5.74, 6) is 1.46. The lowest BCUT2D eigenvalue weighted by atomic mass is 9.95. The molecule has 0 saturated heterocycles. The van der Waals surface area contributed by atoms with Gasteiger partial charge in [0, 0.05) is 17.0 Å². The third-order valence-corrected chi connectivity index (χ3v) is 2.89. The number of nitrogens with one attached hydrogen (secondary N) is 1. The first-order valence-electron chi connectivity index (χ1n) is 6.75. The number of rotatable bonds is 3. The van der Waals surface area contributed by atoms with Crippen LogP contribution in [0.5, 0.6) is 5.75 Å². The lowest BCUT2D eigenvalue weighted by molar-refractivity contribution is 0.340. The van der Waals surface area contributed by atoms with Crippen LogP contribution in [0, 0.1) is 0 Å². The number of hydrogen-bond donors (Lipinski definition) is 1. The van der Waals surface area contributed by atoms with Crippen LogP contribution in [-0.4, -0.2) is 16.6 Å². The Balaban J connectivity index is 2.50. The second kappa shape index (κ2) is 5.49. The molecule has 0 unspecified atom stereocenters. The number of H-pyrrole nitrogens is 1. The van der Waals surface area contributed by atoms with E-state index in [1.54, 1.807) is 0 Å². The molecule has 0 amide bonds. The second-order valence-corrected chi connectivity index (χ2v) is 5.69. The molecule has 0 spiro atoms. The summed E-state index contributed by atoms with van der Waals surface area (Å²) < 4.78 is 5.48. The molecule has 20 heavy (non-hydrogen) atoms. The summed E-state index contributed by atoms with van der Waals surface area (Å²) in [4.78, 5) is 19.2. The first kappa shape index (κ1) is 14.3. The molecule has 2 aromatic rings. The fourth-order valence-corrected chi connectivity index (χ4v) is 1.87. The largest absolute Gasteiger partial charge is 0.494 e. The zero-order valence-electron chi connectivity index (χ0n) is 12.4. The van der Waals surface area contributed by atoms with Crippen molar-refractivity contribution in [2.45, 2.75) is 33.1 Å². The molecular weight excluding hydrogens is 252 g/mol. The molecule has 0 aliphatic carbocycles. The van der Waals surface area contributed by atoms with E-state index in [1.807, 2.05) is 52.0 Å². The summed E-state index contributed by atoms with van der Waals surface area (Å²) >= 11 is 0. The van der Waals surface area contributed by atoms with Gasteiger partial charge in [-0.15, -0.1) is 0 Å². The maximum atomic E-state index is 11.8. The normalized spacial score (nSPS) is 11.4. The molecule has 0 radical (unpaired) electrons. The maximum Gasteiger partial charge on any atom is 0.251 e. The highest BCUT2D eigenvalue weighted by Crippen LogP contribution is 2.24. The predicted octanol–water partition coefficient (Wildman–Crippen LogP) is 3.13. The van der Waals surface area contributed by atoms with Crippen LogP contribution in [-0.2, 0) is 5.41 Å². The van der Waals surface area contributed by atoms with E-state index in [9.17, 15) is 4.79 Å². The van der Waals surface area contributed by atoms with Crippen molar-refractivity contribution < 1.29 is 4.74 Å². The summed E-state index contributed by atoms with van der Waals surface area (Å²) in [5.41, 5.74) is 1.21. The van der Waals surface area contributed by atoms with E-state index in [2.05, 4.69) is 9.97 Å². The van der Waals surface area contributed by atoms with Crippen molar-refractivity contribution in [2.24, 2.45) is 0 Å². The van der Waals surface area contributed by atoms with Crippen molar-refractivity contribution in [3.63, 3.8) is 0 Å². The van der Waals surface area contributed by atoms with Crippen LogP contribution in [0.25, 0.3) is 11.3 Å². The lowest BCUT2D eigenvalue weighted by Crippen LogP contribution is -2.21. The van der Waals surface area contributed by atoms with Gasteiger partial charge in [0.05, 0.1) is 12.3 Å². The van der Waals surface area contributed by atoms with E-state index in [4.69, 9.17) is 4.74 Å². The molecule has 0 aliphatic heterocycles. The summed E-state index contributed by atoms with van der Waals surface area (Å²) in [6.45, 7) is 8.61. The first-order chi connectivity index (χ1) is 9.40. The van der Waals surface area contributed by atoms with E-state index in [0.717, 1.165) is 11.3 Å². The number of aromatic nitrogens is 2. The molecule has 106 valence electrons. The van der Waals surface area contributed by atoms with Gasteiger partial charge in [-0.1, -0.05) is 32.9 Å². The summed E-state index contributed by atoms with van der Waals surface area (Å²) in [7, 11) is 0. The molecule has 1 aromatic heterocycles. The number of aromatic amines is 1. The molecule has 0 bridgehead atoms. The minimum absolute atomic E-state index is 0.137. The van der Waals surface area contributed by atoms with Gasteiger partial charge in [0.15, 0.2) is 0 Å². The van der Waals surface area contributed by atoms with Crippen LogP contribution in [0.1, 0.15) is 33.5 Å². The van der Waals surface area contributed by atoms with Crippen molar-refractivity contribution in [1.29, 1.82) is 0 Å². The molecule has 0 atom stereocenters. The van der Waals surface area contributed by atoms with Crippen molar-refractivity contribution in [3.8, 4) is 17.0 Å². The smallest absolute Gasteiger partial charge is 0.251 e. The molecule has 1 N–H and O–H groups in total. The van der Waals surface area contributed by atoms with Gasteiger partial charge in [0.25, 0.3) is 5.56 Å². The van der Waals surface area contributed by atoms with E-state index < -0.39 is 0 Å². The predicted molar refractivity (Wildman–Crippen MR) is 80.2 cm³/mol. The minimum Gasteiger partial charge on any atom is -0.494 e. The topological polar surface area (TPSA) is 55.0 Å². The molecule has 0 saturated carbocycles. The monoisotopic (exact) mass is 272 g/mol. The zero-order valence-corrected chi connectivity index (χ0v) is 12.4. The molecule has 1 aromatic carbocycles. The van der Waals surface area contributed by atoms with E-state index in [1.165, 1.54) is 6.07 Å². The molecule has 1 heterocycles. The fourth-order valence-electron chi connectivity index (χ4n) is 1.87. The second-order valence-electron chi connectivity index (χ2n) is 5.69. The van der Waals surface area contributed by atoms with E-state index in [0.29, 0.717) is 18.1 Å². The van der Waals surface area contributed by atoms with Crippen LogP contribution in [0.3, 0.4) is 0 Å². The van der Waals surface area contributed by atoms with Crippen LogP contribution < -0.4 is 10.3 Å². The van der Waals surface area contributed by atoms with Crippen molar-refractivity contribution in [1.82, 2.24) is 9.97 Å². The summed E-state index contributed by atoms with van der Waals surface area (Å²) in [5, 5.41) is 0. The molecule has 4 nitrogen and oxygen atoms in total. The Hall–Kier alpha value is -2.10. The van der Waals surface area contributed by atoms with Crippen LogP contribution in [0.2, 0.25) is 0 Å². The Bertz CT molecular complexity index is 654. The van der Waals surface area contributed by atoms with Gasteiger partial charge in [0.2, 0.25) is 0 Å². The first-order valence-corrected chi connectivity index (χ1v) is 6.75. The van der Waals surface area contributed by atoms with Gasteiger partial charge in [0.1, 0.15) is 11.6 Å². The van der Waals surface area contributed by atoms with Crippen LogP contribution >= 0.6 is 0 Å². The molecule has 0 aliphatic rings. The van der Waals surface area contributed by atoms with Crippen LogP contribution in [0.15, 0.2) is 35.1 Å². The standard InChI is InChI=1S/C16H20N2O2/c1-5-20-12-8-6-7-11(9-12)13-10-14(19)18-15(17-13)16(2,3)4/h6-10H,5H2,1-4H3,(H,17,18,19). The molecule has 2 rings (SSSR count). The van der Waals surface area contributed by atoms with Gasteiger partial charge in [-0.25, -0.2) is 4.98 Å². The summed E-state index contributed by atoms with van der Waals surface area (Å²) in [6, 6.07) is 9.14. The molecular formula is C16H20N2O2. The fraction of sp³-hybridized carbons (Fsp3) is 0.375. The van der Waals surface area contributed by atoms with E-state index >= 15 is 0 Å². The van der Waals surface area contributed by atoms with Gasteiger partial charge >= 0.3 is 0 Å². The van der Waals surface area contributed by atoms with Crippen LogP contribution in [0.4, 0.5) is 0 Å². The minimum atomic E-state index is -0.202. The van der Waals surface area contributed by atoms with Gasteiger partial charge in [-0.05, 0) is 19.1 Å². The molecule has 4 heteroatoms. The highest BCUT2D eigenvalue weighted by Gasteiger charge is 2.18. The Labute approximate surface area is 118 Å². The Morgan fingerprint density at radius 3 is 2.65 bits per heavy atom. The highest BCUT2D eigenvalue weighted by atomic mass is 16.5.